The fourth-order valence-corrected chi connectivity index (χ4v) is 4.63. The first kappa shape index (κ1) is 19.7. The van der Waals surface area contributed by atoms with E-state index in [1.165, 1.54) is 16.3 Å². The lowest BCUT2D eigenvalue weighted by atomic mass is 10.0. The van der Waals surface area contributed by atoms with Gasteiger partial charge < -0.3 is 15.3 Å². The van der Waals surface area contributed by atoms with Crippen LogP contribution in [-0.2, 0) is 4.79 Å². The van der Waals surface area contributed by atoms with Crippen LogP contribution in [0.4, 0.5) is 4.79 Å². The molecule has 2 aliphatic rings. The molecule has 6 heteroatoms. The van der Waals surface area contributed by atoms with Crippen LogP contribution in [0, 0.1) is 0 Å². The van der Waals surface area contributed by atoms with Crippen LogP contribution in [0.25, 0.3) is 10.8 Å². The van der Waals surface area contributed by atoms with Crippen molar-refractivity contribution < 1.29 is 14.7 Å². The number of benzene rings is 2. The normalized spacial score (nSPS) is 22.1. The summed E-state index contributed by atoms with van der Waals surface area (Å²) in [6.45, 7) is 4.14. The Hall–Kier alpha value is -2.60. The molecule has 2 aromatic rings. The highest BCUT2D eigenvalue weighted by molar-refractivity contribution is 5.87. The van der Waals surface area contributed by atoms with Gasteiger partial charge in [0.1, 0.15) is 0 Å². The molecule has 0 aromatic heterocycles. The molecule has 0 spiro atoms. The van der Waals surface area contributed by atoms with E-state index in [9.17, 15) is 9.59 Å². The number of aliphatic carboxylic acids is 1. The molecule has 0 bridgehead atoms. The highest BCUT2D eigenvalue weighted by Gasteiger charge is 2.41. The minimum absolute atomic E-state index is 0.0115. The van der Waals surface area contributed by atoms with E-state index in [1.807, 2.05) is 16.7 Å². The van der Waals surface area contributed by atoms with E-state index in [0.29, 0.717) is 19.0 Å². The standard InChI is InChI=1S/C23H29N3O3/c1-2-25(15-22(27)28)17-10-12-26(13-11-17)23(29)24-21-14-20(21)19-9-5-7-16-6-3-4-8-18(16)19/h3-9,17,20-21H,2,10-15H2,1H3,(H,24,29)(H,27,28)/t20-,21+/m0/s1. The summed E-state index contributed by atoms with van der Waals surface area (Å²) in [6, 6.07) is 15.2. The fraction of sp³-hybridized carbons (Fsp3) is 0.478. The number of nitrogens with zero attached hydrogens (tertiary/aromatic N) is 2. The summed E-state index contributed by atoms with van der Waals surface area (Å²) in [5.74, 6) is -0.408. The molecular formula is C23H29N3O3. The van der Waals surface area contributed by atoms with Crippen molar-refractivity contribution in [3.05, 3.63) is 48.0 Å². The summed E-state index contributed by atoms with van der Waals surface area (Å²) in [4.78, 5) is 27.6. The molecule has 6 nitrogen and oxygen atoms in total. The van der Waals surface area contributed by atoms with Crippen molar-refractivity contribution >= 4 is 22.8 Å². The lowest BCUT2D eigenvalue weighted by molar-refractivity contribution is -0.139. The van der Waals surface area contributed by atoms with E-state index in [2.05, 4.69) is 47.8 Å². The monoisotopic (exact) mass is 395 g/mol. The van der Waals surface area contributed by atoms with Gasteiger partial charge in [-0.15, -0.1) is 0 Å². The lowest BCUT2D eigenvalue weighted by Gasteiger charge is -2.37. The van der Waals surface area contributed by atoms with Gasteiger partial charge in [-0.25, -0.2) is 4.79 Å². The number of piperidine rings is 1. The fourth-order valence-electron chi connectivity index (χ4n) is 4.63. The minimum Gasteiger partial charge on any atom is -0.480 e. The van der Waals surface area contributed by atoms with Crippen molar-refractivity contribution in [3.63, 3.8) is 0 Å². The molecule has 0 radical (unpaired) electrons. The van der Waals surface area contributed by atoms with Crippen molar-refractivity contribution in [2.24, 2.45) is 0 Å². The molecule has 0 unspecified atom stereocenters. The van der Waals surface area contributed by atoms with Gasteiger partial charge in [0, 0.05) is 31.1 Å². The van der Waals surface area contributed by atoms with E-state index < -0.39 is 5.97 Å². The highest BCUT2D eigenvalue weighted by Crippen LogP contribution is 2.43. The maximum Gasteiger partial charge on any atom is 0.317 e. The number of hydrogen-bond acceptors (Lipinski definition) is 3. The van der Waals surface area contributed by atoms with Crippen LogP contribution in [-0.4, -0.2) is 65.2 Å². The Bertz CT molecular complexity index is 887. The number of likely N-dealkylation sites (N-methyl/N-ethyl adjacent to an activating group) is 1. The average Bonchev–Trinajstić information content (AvgIpc) is 3.50. The van der Waals surface area contributed by atoms with Gasteiger partial charge in [-0.2, -0.15) is 0 Å². The smallest absolute Gasteiger partial charge is 0.317 e. The first-order valence-electron chi connectivity index (χ1n) is 10.6. The molecule has 4 rings (SSSR count). The van der Waals surface area contributed by atoms with Crippen molar-refractivity contribution in [2.75, 3.05) is 26.2 Å². The molecule has 1 aliphatic carbocycles. The quantitative estimate of drug-likeness (QED) is 0.787. The molecule has 2 aromatic carbocycles. The maximum atomic E-state index is 12.7. The van der Waals surface area contributed by atoms with Gasteiger partial charge in [-0.3, -0.25) is 9.69 Å². The van der Waals surface area contributed by atoms with Gasteiger partial charge in [0.15, 0.2) is 0 Å². The summed E-state index contributed by atoms with van der Waals surface area (Å²) in [5.41, 5.74) is 1.32. The van der Waals surface area contributed by atoms with Crippen LogP contribution < -0.4 is 5.32 Å². The zero-order valence-corrected chi connectivity index (χ0v) is 16.9. The van der Waals surface area contributed by atoms with Crippen LogP contribution in [0.15, 0.2) is 42.5 Å². The lowest BCUT2D eigenvalue weighted by Crippen LogP contribution is -2.50. The van der Waals surface area contributed by atoms with Crippen molar-refractivity contribution in [3.8, 4) is 0 Å². The Kier molecular flexibility index (Phi) is 5.72. The second kappa shape index (κ2) is 8.41. The number of nitrogens with one attached hydrogen (secondary N) is 1. The Morgan fingerprint density at radius 1 is 1.14 bits per heavy atom. The second-order valence-corrected chi connectivity index (χ2v) is 8.14. The number of likely N-dealkylation sites (tertiary alicyclic amines) is 1. The molecule has 2 N–H and O–H groups in total. The van der Waals surface area contributed by atoms with Gasteiger partial charge in [0.25, 0.3) is 0 Å². The van der Waals surface area contributed by atoms with Crippen molar-refractivity contribution in [1.82, 2.24) is 15.1 Å². The van der Waals surface area contributed by atoms with Crippen LogP contribution in [0.1, 0.15) is 37.7 Å². The van der Waals surface area contributed by atoms with Crippen molar-refractivity contribution in [2.45, 2.75) is 44.2 Å². The number of carbonyl (C=O) groups excluding carboxylic acids is 1. The Balaban J connectivity index is 1.31. The topological polar surface area (TPSA) is 72.9 Å². The Morgan fingerprint density at radius 3 is 2.59 bits per heavy atom. The van der Waals surface area contributed by atoms with E-state index in [-0.39, 0.29) is 24.7 Å². The molecule has 154 valence electrons. The van der Waals surface area contributed by atoms with Gasteiger partial charge in [-0.05, 0) is 42.1 Å². The number of hydrogen-bond donors (Lipinski definition) is 2. The summed E-state index contributed by atoms with van der Waals surface area (Å²) in [7, 11) is 0. The van der Waals surface area contributed by atoms with E-state index in [0.717, 1.165) is 25.8 Å². The van der Waals surface area contributed by atoms with Gasteiger partial charge in [0.2, 0.25) is 0 Å². The van der Waals surface area contributed by atoms with E-state index in [4.69, 9.17) is 5.11 Å². The average molecular weight is 396 g/mol. The Morgan fingerprint density at radius 2 is 1.86 bits per heavy atom. The molecule has 1 saturated heterocycles. The summed E-state index contributed by atoms with van der Waals surface area (Å²) in [6.07, 6.45) is 2.64. The van der Waals surface area contributed by atoms with E-state index in [1.54, 1.807) is 0 Å². The molecule has 1 saturated carbocycles. The molecule has 1 aliphatic heterocycles. The zero-order chi connectivity index (χ0) is 20.4. The molecule has 29 heavy (non-hydrogen) atoms. The van der Waals surface area contributed by atoms with Gasteiger partial charge in [0.05, 0.1) is 6.54 Å². The van der Waals surface area contributed by atoms with E-state index >= 15 is 0 Å². The predicted octanol–water partition coefficient (Wildman–Crippen LogP) is 3.28. The number of carboxylic acids is 1. The highest BCUT2D eigenvalue weighted by atomic mass is 16.4. The number of fused-ring (bicyclic) bond motifs is 1. The first-order chi connectivity index (χ1) is 14.1. The molecule has 1 heterocycles. The number of carbonyl (C=O) groups is 2. The SMILES string of the molecule is CCN(CC(=O)O)C1CCN(C(=O)N[C@@H]2C[C@H]2c2cccc3ccccc23)CC1. The summed E-state index contributed by atoms with van der Waals surface area (Å²) in [5, 5.41) is 14.8. The maximum absolute atomic E-state index is 12.7. The van der Waals surface area contributed by atoms with Gasteiger partial charge in [-0.1, -0.05) is 49.4 Å². The van der Waals surface area contributed by atoms with Crippen LogP contribution in [0.3, 0.4) is 0 Å². The molecule has 2 amide bonds. The minimum atomic E-state index is -0.791. The molecule has 2 atom stereocenters. The van der Waals surface area contributed by atoms with Crippen LogP contribution in [0.2, 0.25) is 0 Å². The number of rotatable bonds is 6. The number of carboxylic acid groups (broad SMARTS) is 1. The third-order valence-electron chi connectivity index (χ3n) is 6.33. The largest absolute Gasteiger partial charge is 0.480 e. The number of amides is 2. The predicted molar refractivity (Wildman–Crippen MR) is 113 cm³/mol. The van der Waals surface area contributed by atoms with Crippen molar-refractivity contribution in [1.29, 1.82) is 0 Å². The molecular weight excluding hydrogens is 366 g/mol. The summed E-state index contributed by atoms with van der Waals surface area (Å²) >= 11 is 0. The van der Waals surface area contributed by atoms with Gasteiger partial charge >= 0.3 is 12.0 Å². The zero-order valence-electron chi connectivity index (χ0n) is 16.9. The third-order valence-corrected chi connectivity index (χ3v) is 6.33. The first-order valence-corrected chi connectivity index (χ1v) is 10.6. The van der Waals surface area contributed by atoms with Crippen LogP contribution in [0.5, 0.6) is 0 Å². The Labute approximate surface area is 171 Å². The summed E-state index contributed by atoms with van der Waals surface area (Å²) < 4.78 is 0. The second-order valence-electron chi connectivity index (χ2n) is 8.14. The third kappa shape index (κ3) is 4.37. The molecule has 2 fully saturated rings. The number of urea groups is 1. The van der Waals surface area contributed by atoms with Crippen LogP contribution >= 0.6 is 0 Å².